The molecule has 1 amide bonds. The van der Waals surface area contributed by atoms with Gasteiger partial charge in [0, 0.05) is 6.54 Å². The van der Waals surface area contributed by atoms with Crippen molar-refractivity contribution in [2.75, 3.05) is 0 Å². The van der Waals surface area contributed by atoms with Crippen LogP contribution in [-0.2, 0) is 17.8 Å². The van der Waals surface area contributed by atoms with Crippen molar-refractivity contribution >= 4 is 41.5 Å². The van der Waals surface area contributed by atoms with Gasteiger partial charge in [-0.25, -0.2) is 0 Å². The lowest BCUT2D eigenvalue weighted by atomic mass is 9.95. The van der Waals surface area contributed by atoms with Crippen LogP contribution in [0.15, 0.2) is 42.5 Å². The maximum atomic E-state index is 12.5. The average molecular weight is 386 g/mol. The lowest BCUT2D eigenvalue weighted by Gasteiger charge is -2.27. The third kappa shape index (κ3) is 4.22. The number of carbonyl (C=O) groups is 1. The van der Waals surface area contributed by atoms with E-state index in [2.05, 4.69) is 22.8 Å². The fraction of sp³-hybridized carbons (Fsp3) is 0.278. The third-order valence-corrected chi connectivity index (χ3v) is 4.94. The summed E-state index contributed by atoms with van der Waals surface area (Å²) in [6, 6.07) is 13.3. The lowest BCUT2D eigenvalue weighted by Crippen LogP contribution is -2.48. The number of hydrogen-bond donors (Lipinski definition) is 2. The Morgan fingerprint density at radius 2 is 1.88 bits per heavy atom. The van der Waals surface area contributed by atoms with E-state index in [9.17, 15) is 4.79 Å². The van der Waals surface area contributed by atoms with Crippen LogP contribution < -0.4 is 10.6 Å². The van der Waals surface area contributed by atoms with Crippen molar-refractivity contribution in [1.29, 1.82) is 0 Å². The van der Waals surface area contributed by atoms with Gasteiger partial charge >= 0.3 is 0 Å². The van der Waals surface area contributed by atoms with Gasteiger partial charge in [-0.05, 0) is 42.2 Å². The average Bonchev–Trinajstić information content (AvgIpc) is 2.56. The van der Waals surface area contributed by atoms with E-state index in [0.717, 1.165) is 12.1 Å². The molecule has 3 nitrogen and oxygen atoms in total. The Kier molecular flexibility index (Phi) is 6.53. The van der Waals surface area contributed by atoms with E-state index < -0.39 is 0 Å². The van der Waals surface area contributed by atoms with Gasteiger partial charge in [0.05, 0.1) is 22.1 Å². The van der Waals surface area contributed by atoms with Crippen molar-refractivity contribution in [2.45, 2.75) is 32.0 Å². The minimum Gasteiger partial charge on any atom is -0.348 e. The number of amides is 1. The monoisotopic (exact) mass is 384 g/mol. The Bertz CT molecular complexity index is 736. The van der Waals surface area contributed by atoms with E-state index in [0.29, 0.717) is 16.5 Å². The second-order valence-electron chi connectivity index (χ2n) is 5.81. The summed E-state index contributed by atoms with van der Waals surface area (Å²) in [5.41, 5.74) is 3.42. The standard InChI is InChI=1S/C18H18Cl2N2O.ClH/c1-11(12-6-7-15(19)16(20)8-12)22-18(23)17-9-13-4-2-3-5-14(13)10-21-17;/h2-8,11,17,21H,9-10H2,1H3,(H,22,23);1H. The fourth-order valence-electron chi connectivity index (χ4n) is 2.82. The number of nitrogens with one attached hydrogen (secondary N) is 2. The van der Waals surface area contributed by atoms with Gasteiger partial charge in [0.2, 0.25) is 5.91 Å². The van der Waals surface area contributed by atoms with E-state index in [1.54, 1.807) is 12.1 Å². The molecule has 1 aliphatic heterocycles. The zero-order valence-corrected chi connectivity index (χ0v) is 15.5. The molecule has 3 rings (SSSR count). The van der Waals surface area contributed by atoms with Crippen LogP contribution in [0.4, 0.5) is 0 Å². The first kappa shape index (κ1) is 19.1. The van der Waals surface area contributed by atoms with Gasteiger partial charge in [-0.15, -0.1) is 12.4 Å². The number of benzene rings is 2. The molecule has 0 bridgehead atoms. The highest BCUT2D eigenvalue weighted by Gasteiger charge is 2.25. The Morgan fingerprint density at radius 1 is 1.17 bits per heavy atom. The molecule has 2 unspecified atom stereocenters. The zero-order chi connectivity index (χ0) is 16.4. The van der Waals surface area contributed by atoms with Gasteiger partial charge in [-0.1, -0.05) is 53.5 Å². The zero-order valence-electron chi connectivity index (χ0n) is 13.2. The Balaban J connectivity index is 0.00000208. The molecule has 0 radical (unpaired) electrons. The maximum Gasteiger partial charge on any atom is 0.237 e. The molecule has 6 heteroatoms. The second-order valence-corrected chi connectivity index (χ2v) is 6.62. The molecule has 24 heavy (non-hydrogen) atoms. The lowest BCUT2D eigenvalue weighted by molar-refractivity contribution is -0.124. The van der Waals surface area contributed by atoms with E-state index in [1.807, 2.05) is 25.1 Å². The number of hydrogen-bond acceptors (Lipinski definition) is 2. The summed E-state index contributed by atoms with van der Waals surface area (Å²) in [5, 5.41) is 7.34. The van der Waals surface area contributed by atoms with Crippen molar-refractivity contribution in [2.24, 2.45) is 0 Å². The Morgan fingerprint density at radius 3 is 2.58 bits per heavy atom. The molecule has 2 atom stereocenters. The first-order valence-corrected chi connectivity index (χ1v) is 8.35. The van der Waals surface area contributed by atoms with Crippen molar-refractivity contribution < 1.29 is 4.79 Å². The van der Waals surface area contributed by atoms with Crippen LogP contribution in [0.2, 0.25) is 10.0 Å². The van der Waals surface area contributed by atoms with Crippen molar-refractivity contribution in [3.8, 4) is 0 Å². The molecule has 2 aromatic carbocycles. The maximum absolute atomic E-state index is 12.5. The van der Waals surface area contributed by atoms with Gasteiger partial charge in [0.25, 0.3) is 0 Å². The van der Waals surface area contributed by atoms with E-state index in [-0.39, 0.29) is 30.4 Å². The minimum absolute atomic E-state index is 0. The molecule has 0 spiro atoms. The van der Waals surface area contributed by atoms with Gasteiger partial charge < -0.3 is 10.6 Å². The van der Waals surface area contributed by atoms with Crippen LogP contribution in [0, 0.1) is 0 Å². The van der Waals surface area contributed by atoms with Crippen LogP contribution >= 0.6 is 35.6 Å². The number of rotatable bonds is 3. The molecule has 0 aromatic heterocycles. The number of halogens is 3. The highest BCUT2D eigenvalue weighted by Crippen LogP contribution is 2.25. The molecule has 1 aliphatic rings. The predicted octanol–water partition coefficient (Wildman–Crippen LogP) is 4.31. The summed E-state index contributed by atoms with van der Waals surface area (Å²) in [5.74, 6) is -0.00178. The highest BCUT2D eigenvalue weighted by atomic mass is 35.5. The molecule has 0 saturated heterocycles. The molecular formula is C18H19Cl3N2O. The molecule has 0 fully saturated rings. The van der Waals surface area contributed by atoms with Crippen LogP contribution in [0.25, 0.3) is 0 Å². The minimum atomic E-state index is -0.213. The van der Waals surface area contributed by atoms with Crippen molar-refractivity contribution in [1.82, 2.24) is 10.6 Å². The predicted molar refractivity (Wildman–Crippen MR) is 101 cm³/mol. The summed E-state index contributed by atoms with van der Waals surface area (Å²) < 4.78 is 0. The molecular weight excluding hydrogens is 367 g/mol. The largest absolute Gasteiger partial charge is 0.348 e. The smallest absolute Gasteiger partial charge is 0.237 e. The van der Waals surface area contributed by atoms with Crippen LogP contribution in [-0.4, -0.2) is 11.9 Å². The Labute approximate surface area is 158 Å². The Hall–Kier alpha value is -1.26. The van der Waals surface area contributed by atoms with Gasteiger partial charge in [0.15, 0.2) is 0 Å². The van der Waals surface area contributed by atoms with Crippen molar-refractivity contribution in [3.05, 3.63) is 69.2 Å². The SMILES string of the molecule is CC(NC(=O)C1Cc2ccccc2CN1)c1ccc(Cl)c(Cl)c1.Cl. The quantitative estimate of drug-likeness (QED) is 0.827. The molecule has 1 heterocycles. The fourth-order valence-corrected chi connectivity index (χ4v) is 3.13. The number of fused-ring (bicyclic) bond motifs is 1. The summed E-state index contributed by atoms with van der Waals surface area (Å²) >= 11 is 12.0. The van der Waals surface area contributed by atoms with E-state index in [1.165, 1.54) is 11.1 Å². The number of carbonyl (C=O) groups excluding carboxylic acids is 1. The molecule has 2 N–H and O–H groups in total. The molecule has 0 saturated carbocycles. The van der Waals surface area contributed by atoms with Crippen LogP contribution in [0.3, 0.4) is 0 Å². The topological polar surface area (TPSA) is 41.1 Å². The van der Waals surface area contributed by atoms with E-state index in [4.69, 9.17) is 23.2 Å². The van der Waals surface area contributed by atoms with Gasteiger partial charge in [0.1, 0.15) is 0 Å². The molecule has 128 valence electrons. The summed E-state index contributed by atoms with van der Waals surface area (Å²) in [4.78, 5) is 12.5. The van der Waals surface area contributed by atoms with E-state index >= 15 is 0 Å². The summed E-state index contributed by atoms with van der Waals surface area (Å²) in [6.45, 7) is 2.66. The van der Waals surface area contributed by atoms with Crippen LogP contribution in [0.5, 0.6) is 0 Å². The first-order chi connectivity index (χ1) is 11.0. The molecule has 0 aliphatic carbocycles. The van der Waals surface area contributed by atoms with Crippen LogP contribution in [0.1, 0.15) is 29.7 Å². The second kappa shape index (κ2) is 8.21. The molecule has 2 aromatic rings. The van der Waals surface area contributed by atoms with Gasteiger partial charge in [-0.2, -0.15) is 0 Å². The summed E-state index contributed by atoms with van der Waals surface area (Å²) in [6.07, 6.45) is 0.704. The first-order valence-electron chi connectivity index (χ1n) is 7.60. The van der Waals surface area contributed by atoms with Crippen molar-refractivity contribution in [3.63, 3.8) is 0 Å². The normalized spacial score (nSPS) is 17.4. The third-order valence-electron chi connectivity index (χ3n) is 4.20. The summed E-state index contributed by atoms with van der Waals surface area (Å²) in [7, 11) is 0. The highest BCUT2D eigenvalue weighted by molar-refractivity contribution is 6.42. The van der Waals surface area contributed by atoms with Gasteiger partial charge in [-0.3, -0.25) is 4.79 Å².